The van der Waals surface area contributed by atoms with Crippen LogP contribution in [0.3, 0.4) is 0 Å². The van der Waals surface area contributed by atoms with Gasteiger partial charge < -0.3 is 15.4 Å². The number of nitrogens with zero attached hydrogens (tertiary/aromatic N) is 4. The number of ether oxygens (including phenoxy) is 1. The number of aromatic nitrogens is 4. The van der Waals surface area contributed by atoms with E-state index in [1.54, 1.807) is 18.4 Å². The quantitative estimate of drug-likeness (QED) is 0.398. The maximum atomic E-state index is 5.18. The Hall–Kier alpha value is -2.94. The fraction of sp³-hybridized carbons (Fsp3) is 0.368. The molecular weight excluding hydrogens is 374 g/mol. The third kappa shape index (κ3) is 5.53. The highest BCUT2D eigenvalue weighted by molar-refractivity contribution is 7.09. The number of hydrogen-bond donors (Lipinski definition) is 3. The molecule has 3 aromatic rings. The molecule has 0 aliphatic carbocycles. The number of aliphatic imine (C=N–C) groups is 1. The Kier molecular flexibility index (Phi) is 6.96. The van der Waals surface area contributed by atoms with E-state index in [0.29, 0.717) is 18.2 Å². The van der Waals surface area contributed by atoms with E-state index in [1.807, 2.05) is 38.1 Å². The smallest absolute Gasteiger partial charge is 0.191 e. The van der Waals surface area contributed by atoms with Gasteiger partial charge in [0.15, 0.2) is 11.8 Å². The van der Waals surface area contributed by atoms with Gasteiger partial charge in [0.25, 0.3) is 0 Å². The van der Waals surface area contributed by atoms with Gasteiger partial charge in [-0.25, -0.2) is 15.0 Å². The zero-order chi connectivity index (χ0) is 19.8. The van der Waals surface area contributed by atoms with Crippen molar-refractivity contribution in [3.63, 3.8) is 0 Å². The number of guanidine groups is 1. The summed E-state index contributed by atoms with van der Waals surface area (Å²) in [6.45, 7) is 6.02. The first kappa shape index (κ1) is 19.8. The number of rotatable bonds is 8. The summed E-state index contributed by atoms with van der Waals surface area (Å²) >= 11 is 1.67. The molecule has 148 valence electrons. The van der Waals surface area contributed by atoms with Gasteiger partial charge >= 0.3 is 0 Å². The monoisotopic (exact) mass is 399 g/mol. The molecule has 2 heterocycles. The van der Waals surface area contributed by atoms with Gasteiger partial charge in [-0.05, 0) is 38.1 Å². The number of aryl methyl sites for hydroxylation is 1. The lowest BCUT2D eigenvalue weighted by molar-refractivity contribution is 0.415. The molecule has 0 bridgehead atoms. The van der Waals surface area contributed by atoms with E-state index in [0.717, 1.165) is 47.5 Å². The molecule has 3 N–H and O–H groups in total. The molecular formula is C19H25N7OS. The van der Waals surface area contributed by atoms with E-state index in [1.165, 1.54) is 0 Å². The minimum absolute atomic E-state index is 0.411. The Morgan fingerprint density at radius 2 is 2.04 bits per heavy atom. The number of nitrogens with one attached hydrogen (secondary N) is 3. The van der Waals surface area contributed by atoms with Gasteiger partial charge in [-0.2, -0.15) is 5.10 Å². The maximum absolute atomic E-state index is 5.18. The number of H-pyrrole nitrogens is 1. The number of thiazole rings is 1. The summed E-state index contributed by atoms with van der Waals surface area (Å²) < 4.78 is 5.18. The summed E-state index contributed by atoms with van der Waals surface area (Å²) in [6, 6.07) is 7.64. The Morgan fingerprint density at radius 1 is 1.21 bits per heavy atom. The predicted octanol–water partition coefficient (Wildman–Crippen LogP) is 2.54. The lowest BCUT2D eigenvalue weighted by Gasteiger charge is -2.10. The highest BCUT2D eigenvalue weighted by Gasteiger charge is 2.07. The fourth-order valence-corrected chi connectivity index (χ4v) is 3.21. The third-order valence-electron chi connectivity index (χ3n) is 3.95. The van der Waals surface area contributed by atoms with Crippen molar-refractivity contribution >= 4 is 17.3 Å². The average molecular weight is 400 g/mol. The third-order valence-corrected chi connectivity index (χ3v) is 4.77. The second-order valence-electron chi connectivity index (χ2n) is 6.06. The number of aromatic amines is 1. The standard InChI is InChI=1S/C19H25N7OS/c1-4-20-19(21-10-9-15-12-28-13(2)23-15)22-11-17-24-18(26-25-17)14-5-7-16(27-3)8-6-14/h5-8,12H,4,9-11H2,1-3H3,(H2,20,21,22)(H,24,25,26). The summed E-state index contributed by atoms with van der Waals surface area (Å²) in [4.78, 5) is 13.6. The molecule has 0 saturated heterocycles. The maximum Gasteiger partial charge on any atom is 0.191 e. The minimum Gasteiger partial charge on any atom is -0.497 e. The van der Waals surface area contributed by atoms with Gasteiger partial charge in [0.2, 0.25) is 0 Å². The lowest BCUT2D eigenvalue weighted by Crippen LogP contribution is -2.38. The molecule has 0 atom stereocenters. The van der Waals surface area contributed by atoms with Crippen LogP contribution in [0.25, 0.3) is 11.4 Å². The van der Waals surface area contributed by atoms with Crippen molar-refractivity contribution in [2.24, 2.45) is 4.99 Å². The Morgan fingerprint density at radius 3 is 2.71 bits per heavy atom. The molecule has 1 aromatic carbocycles. The molecule has 3 rings (SSSR count). The molecule has 0 fully saturated rings. The molecule has 0 saturated carbocycles. The first-order chi connectivity index (χ1) is 13.7. The van der Waals surface area contributed by atoms with E-state index >= 15 is 0 Å². The summed E-state index contributed by atoms with van der Waals surface area (Å²) in [7, 11) is 1.64. The highest BCUT2D eigenvalue weighted by Crippen LogP contribution is 2.19. The molecule has 28 heavy (non-hydrogen) atoms. The van der Waals surface area contributed by atoms with Crippen molar-refractivity contribution in [3.8, 4) is 17.1 Å². The van der Waals surface area contributed by atoms with Crippen molar-refractivity contribution in [1.29, 1.82) is 0 Å². The van der Waals surface area contributed by atoms with Crippen LogP contribution in [0.2, 0.25) is 0 Å². The fourth-order valence-electron chi connectivity index (χ4n) is 2.56. The minimum atomic E-state index is 0.411. The first-order valence-corrected chi connectivity index (χ1v) is 10.0. The summed E-state index contributed by atoms with van der Waals surface area (Å²) in [5.74, 6) is 2.90. The van der Waals surface area contributed by atoms with Crippen LogP contribution in [0.15, 0.2) is 34.6 Å². The first-order valence-electron chi connectivity index (χ1n) is 9.17. The van der Waals surface area contributed by atoms with Crippen LogP contribution in [0, 0.1) is 6.92 Å². The van der Waals surface area contributed by atoms with Gasteiger partial charge in [-0.1, -0.05) is 0 Å². The molecule has 0 aliphatic heterocycles. The van der Waals surface area contributed by atoms with Gasteiger partial charge in [0.1, 0.15) is 18.1 Å². The normalized spacial score (nSPS) is 11.5. The van der Waals surface area contributed by atoms with Crippen molar-refractivity contribution in [2.45, 2.75) is 26.8 Å². The summed E-state index contributed by atoms with van der Waals surface area (Å²) in [5.41, 5.74) is 2.03. The van der Waals surface area contributed by atoms with Crippen LogP contribution in [0.1, 0.15) is 23.4 Å². The summed E-state index contributed by atoms with van der Waals surface area (Å²) in [5, 5.41) is 17.0. The molecule has 0 radical (unpaired) electrons. The van der Waals surface area contributed by atoms with E-state index < -0.39 is 0 Å². The van der Waals surface area contributed by atoms with Crippen LogP contribution >= 0.6 is 11.3 Å². The molecule has 8 nitrogen and oxygen atoms in total. The van der Waals surface area contributed by atoms with Gasteiger partial charge in [-0.3, -0.25) is 5.10 Å². The van der Waals surface area contributed by atoms with Crippen LogP contribution in [0.4, 0.5) is 0 Å². The predicted molar refractivity (Wildman–Crippen MR) is 112 cm³/mol. The number of methoxy groups -OCH3 is 1. The largest absolute Gasteiger partial charge is 0.497 e. The second-order valence-corrected chi connectivity index (χ2v) is 7.13. The van der Waals surface area contributed by atoms with Gasteiger partial charge in [0, 0.05) is 30.5 Å². The zero-order valence-electron chi connectivity index (χ0n) is 16.3. The molecule has 0 amide bonds. The second kappa shape index (κ2) is 9.84. The van der Waals surface area contributed by atoms with Crippen LogP contribution in [-0.4, -0.2) is 46.3 Å². The van der Waals surface area contributed by atoms with E-state index in [-0.39, 0.29) is 0 Å². The molecule has 2 aromatic heterocycles. The van der Waals surface area contributed by atoms with Crippen molar-refractivity contribution in [3.05, 3.63) is 46.2 Å². The molecule has 0 spiro atoms. The van der Waals surface area contributed by atoms with Gasteiger partial charge in [0.05, 0.1) is 17.8 Å². The van der Waals surface area contributed by atoms with Crippen molar-refractivity contribution in [2.75, 3.05) is 20.2 Å². The number of hydrogen-bond acceptors (Lipinski definition) is 6. The van der Waals surface area contributed by atoms with E-state index in [2.05, 4.69) is 41.2 Å². The number of benzene rings is 1. The highest BCUT2D eigenvalue weighted by atomic mass is 32.1. The van der Waals surface area contributed by atoms with Crippen molar-refractivity contribution in [1.82, 2.24) is 30.8 Å². The molecule has 0 unspecified atom stereocenters. The SMILES string of the molecule is CCNC(=NCc1nc(-c2ccc(OC)cc2)n[nH]1)NCCc1csc(C)n1. The Labute approximate surface area is 168 Å². The van der Waals surface area contributed by atoms with Crippen LogP contribution in [-0.2, 0) is 13.0 Å². The molecule has 9 heteroatoms. The topological polar surface area (TPSA) is 100 Å². The van der Waals surface area contributed by atoms with Crippen LogP contribution in [0.5, 0.6) is 5.75 Å². The Bertz CT molecular complexity index is 901. The Balaban J connectivity index is 1.57. The summed E-state index contributed by atoms with van der Waals surface area (Å²) in [6.07, 6.45) is 0.860. The van der Waals surface area contributed by atoms with Gasteiger partial charge in [-0.15, -0.1) is 11.3 Å². The average Bonchev–Trinajstić information content (AvgIpc) is 3.35. The zero-order valence-corrected chi connectivity index (χ0v) is 17.1. The van der Waals surface area contributed by atoms with E-state index in [9.17, 15) is 0 Å². The van der Waals surface area contributed by atoms with Crippen molar-refractivity contribution < 1.29 is 4.74 Å². The van der Waals surface area contributed by atoms with Crippen LogP contribution < -0.4 is 15.4 Å². The van der Waals surface area contributed by atoms with E-state index in [4.69, 9.17) is 4.74 Å². The lowest BCUT2D eigenvalue weighted by atomic mass is 10.2. The molecule has 0 aliphatic rings.